The van der Waals surface area contributed by atoms with Gasteiger partial charge in [0, 0.05) is 6.08 Å². The number of nitrogens with zero attached hydrogens (tertiary/aromatic N) is 2. The molecule has 0 radical (unpaired) electrons. The molecule has 10 nitrogen and oxygen atoms in total. The van der Waals surface area contributed by atoms with Crippen LogP contribution in [0.5, 0.6) is 11.5 Å². The molecule has 2 aliphatic rings. The van der Waals surface area contributed by atoms with Crippen molar-refractivity contribution in [3.05, 3.63) is 28.7 Å². The van der Waals surface area contributed by atoms with Crippen LogP contribution in [-0.2, 0) is 23.6 Å². The van der Waals surface area contributed by atoms with Crippen molar-refractivity contribution in [2.75, 3.05) is 21.3 Å². The highest BCUT2D eigenvalue weighted by atomic mass is 32.2. The third-order valence-electron chi connectivity index (χ3n) is 5.53. The second kappa shape index (κ2) is 9.58. The summed E-state index contributed by atoms with van der Waals surface area (Å²) in [6, 6.07) is 3.59. The third-order valence-corrected chi connectivity index (χ3v) is 6.43. The fourth-order valence-electron chi connectivity index (χ4n) is 2.98. The van der Waals surface area contributed by atoms with Crippen LogP contribution >= 0.6 is 11.8 Å². The molecule has 3 rings (SSSR count). The van der Waals surface area contributed by atoms with E-state index in [9.17, 15) is 9.59 Å². The van der Waals surface area contributed by atoms with E-state index in [-0.39, 0.29) is 10.1 Å². The van der Waals surface area contributed by atoms with Gasteiger partial charge in [0.25, 0.3) is 5.91 Å². The highest BCUT2D eigenvalue weighted by Gasteiger charge is 2.52. The number of nitrogens with one attached hydrogen (secondary N) is 1. The summed E-state index contributed by atoms with van der Waals surface area (Å²) in [6.07, 6.45) is 2.54. The van der Waals surface area contributed by atoms with Crippen LogP contribution in [-0.4, -0.2) is 62.9 Å². The van der Waals surface area contributed by atoms with Gasteiger partial charge in [-0.1, -0.05) is 0 Å². The summed E-state index contributed by atoms with van der Waals surface area (Å²) in [4.78, 5) is 23.4. The maximum atomic E-state index is 11.9. The lowest BCUT2D eigenvalue weighted by atomic mass is 9.78. The van der Waals surface area contributed by atoms with E-state index in [1.54, 1.807) is 12.1 Å². The van der Waals surface area contributed by atoms with Gasteiger partial charge in [-0.15, -0.1) is 5.10 Å². The van der Waals surface area contributed by atoms with Crippen molar-refractivity contribution in [1.29, 1.82) is 0 Å². The van der Waals surface area contributed by atoms with Crippen LogP contribution < -0.4 is 20.3 Å². The number of methoxy groups -OCH3 is 3. The fraction of sp³-hybridized carbons (Fsp3) is 0.429. The fourth-order valence-corrected chi connectivity index (χ4v) is 3.72. The second-order valence-corrected chi connectivity index (χ2v) is 9.20. The zero-order valence-electron chi connectivity index (χ0n) is 19.5. The molecule has 0 unspecified atom stereocenters. The molecule has 176 valence electrons. The quantitative estimate of drug-likeness (QED) is 0.217. The minimum atomic E-state index is -0.631. The second-order valence-electron chi connectivity index (χ2n) is 8.17. The van der Waals surface area contributed by atoms with E-state index in [2.05, 4.69) is 20.3 Å². The van der Waals surface area contributed by atoms with Gasteiger partial charge in [0.2, 0.25) is 0 Å². The number of carbonyl (C=O) groups excluding carboxylic acids is 2. The standard InChI is InChI=1S/C21H26BN3O7S/c1-20(2)21(3,4)32-22(31-20)12-8-14(28-5)13(15(9-12)29-6)11-23-25-19-24-18(27)16(33-19)10-17(26)30-7/h8-11H,1-7H3,(H,24,25,27)/b16-10+,23-11?. The van der Waals surface area contributed by atoms with Gasteiger partial charge in [0.1, 0.15) is 11.5 Å². The van der Waals surface area contributed by atoms with E-state index < -0.39 is 30.2 Å². The molecule has 1 amide bonds. The largest absolute Gasteiger partial charge is 0.496 e. The first-order chi connectivity index (χ1) is 15.5. The number of thioether (sulfide) groups is 1. The van der Waals surface area contributed by atoms with E-state index in [4.69, 9.17) is 18.8 Å². The predicted octanol–water partition coefficient (Wildman–Crippen LogP) is 1.61. The number of carbonyl (C=O) groups is 2. The Labute approximate surface area is 196 Å². The van der Waals surface area contributed by atoms with Crippen molar-refractivity contribution < 1.29 is 33.1 Å². The minimum absolute atomic E-state index is 0.165. The molecule has 33 heavy (non-hydrogen) atoms. The number of amides is 1. The highest BCUT2D eigenvalue weighted by molar-refractivity contribution is 8.18. The molecule has 0 aromatic heterocycles. The number of ether oxygens (including phenoxy) is 3. The summed E-state index contributed by atoms with van der Waals surface area (Å²) in [5, 5.41) is 10.8. The first kappa shape index (κ1) is 24.8. The zero-order valence-corrected chi connectivity index (χ0v) is 20.4. The van der Waals surface area contributed by atoms with Crippen LogP contribution in [0, 0.1) is 0 Å². The van der Waals surface area contributed by atoms with E-state index in [0.717, 1.165) is 23.3 Å². The number of benzene rings is 1. The van der Waals surface area contributed by atoms with Crippen LogP contribution in [0.25, 0.3) is 0 Å². The van der Waals surface area contributed by atoms with E-state index in [1.807, 2.05) is 27.7 Å². The Morgan fingerprint density at radius 3 is 2.18 bits per heavy atom. The average molecular weight is 475 g/mol. The Bertz CT molecular complexity index is 1010. The molecule has 12 heteroatoms. The number of hydrogen-bond acceptors (Lipinski definition) is 10. The van der Waals surface area contributed by atoms with Gasteiger partial charge in [-0.05, 0) is 57.1 Å². The van der Waals surface area contributed by atoms with Crippen molar-refractivity contribution in [2.24, 2.45) is 10.2 Å². The van der Waals surface area contributed by atoms with Crippen molar-refractivity contribution in [3.8, 4) is 11.5 Å². The van der Waals surface area contributed by atoms with Crippen LogP contribution in [0.4, 0.5) is 0 Å². The molecule has 0 atom stereocenters. The van der Waals surface area contributed by atoms with Crippen LogP contribution in [0.3, 0.4) is 0 Å². The molecule has 0 bridgehead atoms. The molecular weight excluding hydrogens is 449 g/mol. The number of esters is 1. The minimum Gasteiger partial charge on any atom is -0.496 e. The van der Waals surface area contributed by atoms with Crippen LogP contribution in [0.1, 0.15) is 33.3 Å². The predicted molar refractivity (Wildman–Crippen MR) is 126 cm³/mol. The smallest absolute Gasteiger partial charge is 0.495 e. The van der Waals surface area contributed by atoms with Gasteiger partial charge in [0.15, 0.2) is 5.17 Å². The van der Waals surface area contributed by atoms with Gasteiger partial charge < -0.3 is 23.5 Å². The summed E-state index contributed by atoms with van der Waals surface area (Å²) in [7, 11) is 3.70. The van der Waals surface area contributed by atoms with Crippen molar-refractivity contribution >= 4 is 47.6 Å². The molecule has 1 N–H and O–H groups in total. The van der Waals surface area contributed by atoms with E-state index in [1.165, 1.54) is 27.5 Å². The lowest BCUT2D eigenvalue weighted by Gasteiger charge is -2.32. The molecule has 1 aromatic rings. The van der Waals surface area contributed by atoms with Crippen molar-refractivity contribution in [3.63, 3.8) is 0 Å². The van der Waals surface area contributed by atoms with E-state index in [0.29, 0.717) is 17.1 Å². The summed E-state index contributed by atoms with van der Waals surface area (Å²) < 4.78 is 27.9. The monoisotopic (exact) mass is 475 g/mol. The maximum Gasteiger partial charge on any atom is 0.495 e. The topological polar surface area (TPSA) is 117 Å². The van der Waals surface area contributed by atoms with Gasteiger partial charge in [-0.3, -0.25) is 10.1 Å². The first-order valence-corrected chi connectivity index (χ1v) is 10.8. The SMILES string of the molecule is COC(=O)/C=C1/S/C(=N\N=Cc2c(OC)cc(B3OC(C)(C)C(C)(C)O3)cc2OC)NC1=O. The normalized spacial score (nSPS) is 21.7. The number of rotatable bonds is 6. The Hall–Kier alpha value is -2.83. The van der Waals surface area contributed by atoms with Crippen LogP contribution in [0.2, 0.25) is 0 Å². The van der Waals surface area contributed by atoms with Crippen molar-refractivity contribution in [1.82, 2.24) is 5.32 Å². The molecule has 0 spiro atoms. The molecule has 2 heterocycles. The Morgan fingerprint density at radius 1 is 1.09 bits per heavy atom. The van der Waals surface area contributed by atoms with Gasteiger partial charge in [-0.2, -0.15) is 5.10 Å². The maximum absolute atomic E-state index is 11.9. The highest BCUT2D eigenvalue weighted by Crippen LogP contribution is 2.37. The summed E-state index contributed by atoms with van der Waals surface area (Å²) in [5.41, 5.74) is 0.309. The Kier molecular flexibility index (Phi) is 7.20. The van der Waals surface area contributed by atoms with Crippen molar-refractivity contribution in [2.45, 2.75) is 38.9 Å². The molecule has 2 saturated heterocycles. The van der Waals surface area contributed by atoms with Crippen LogP contribution in [0.15, 0.2) is 33.3 Å². The summed E-state index contributed by atoms with van der Waals surface area (Å²) in [6.45, 7) is 7.92. The number of hydrogen-bond donors (Lipinski definition) is 1. The Balaban J connectivity index is 1.85. The summed E-state index contributed by atoms with van der Waals surface area (Å²) >= 11 is 0.977. The average Bonchev–Trinajstić information content (AvgIpc) is 3.21. The van der Waals surface area contributed by atoms with Gasteiger partial charge in [-0.25, -0.2) is 4.79 Å². The molecule has 0 saturated carbocycles. The molecular formula is C21H26BN3O7S. The third kappa shape index (κ3) is 5.23. The first-order valence-electron chi connectivity index (χ1n) is 10.0. The van der Waals surface area contributed by atoms with Gasteiger partial charge >= 0.3 is 13.1 Å². The van der Waals surface area contributed by atoms with Gasteiger partial charge in [0.05, 0.1) is 49.2 Å². The lowest BCUT2D eigenvalue weighted by molar-refractivity contribution is -0.135. The molecule has 0 aliphatic carbocycles. The number of amidine groups is 1. The molecule has 2 aliphatic heterocycles. The van der Waals surface area contributed by atoms with E-state index >= 15 is 0 Å². The summed E-state index contributed by atoms with van der Waals surface area (Å²) in [5.74, 6) is -0.120. The molecule has 2 fully saturated rings. The lowest BCUT2D eigenvalue weighted by Crippen LogP contribution is -2.41. The Morgan fingerprint density at radius 2 is 1.67 bits per heavy atom. The molecule has 1 aromatic carbocycles. The zero-order chi connectivity index (χ0) is 24.4.